The summed E-state index contributed by atoms with van der Waals surface area (Å²) >= 11 is 0. The van der Waals surface area contributed by atoms with Crippen LogP contribution in [0.3, 0.4) is 0 Å². The minimum atomic E-state index is 0.468. The zero-order valence-corrected chi connectivity index (χ0v) is 9.83. The molecule has 1 saturated heterocycles. The molecule has 1 unspecified atom stereocenters. The van der Waals surface area contributed by atoms with Gasteiger partial charge in [0.1, 0.15) is 0 Å². The van der Waals surface area contributed by atoms with E-state index in [1.54, 1.807) is 0 Å². The fourth-order valence-corrected chi connectivity index (χ4v) is 1.88. The van der Waals surface area contributed by atoms with Gasteiger partial charge in [0.15, 0.2) is 0 Å². The molecule has 1 rings (SSSR count). The van der Waals surface area contributed by atoms with Crippen LogP contribution in [0, 0.1) is 0 Å². The maximum atomic E-state index is 5.40. The van der Waals surface area contributed by atoms with Crippen molar-refractivity contribution in [3.8, 4) is 0 Å². The van der Waals surface area contributed by atoms with Crippen molar-refractivity contribution < 1.29 is 4.74 Å². The van der Waals surface area contributed by atoms with Crippen molar-refractivity contribution in [2.75, 3.05) is 46.9 Å². The molecule has 0 N–H and O–H groups in total. The molecule has 0 aliphatic carbocycles. The van der Waals surface area contributed by atoms with Gasteiger partial charge in [-0.15, -0.1) is 0 Å². The van der Waals surface area contributed by atoms with E-state index in [1.807, 2.05) is 7.11 Å². The Balaban J connectivity index is 2.17. The highest BCUT2D eigenvalue weighted by atomic mass is 16.5. The standard InChI is InChI=1S/C11H24N2O/c1-4-12(2)8-9-13-7-5-6-11(10-13)14-3/h11H,4-10H2,1-3H3. The topological polar surface area (TPSA) is 15.7 Å². The van der Waals surface area contributed by atoms with Gasteiger partial charge in [0, 0.05) is 26.7 Å². The minimum absolute atomic E-state index is 0.468. The molecule has 1 heterocycles. The van der Waals surface area contributed by atoms with Crippen LogP contribution >= 0.6 is 0 Å². The van der Waals surface area contributed by atoms with Crippen molar-refractivity contribution >= 4 is 0 Å². The van der Waals surface area contributed by atoms with Crippen LogP contribution in [0.2, 0.25) is 0 Å². The quantitative estimate of drug-likeness (QED) is 0.660. The maximum Gasteiger partial charge on any atom is 0.0698 e. The second-order valence-electron chi connectivity index (χ2n) is 4.20. The number of piperidine rings is 1. The second-order valence-corrected chi connectivity index (χ2v) is 4.20. The molecule has 0 saturated carbocycles. The summed E-state index contributed by atoms with van der Waals surface area (Å²) in [5.41, 5.74) is 0. The number of hydrogen-bond donors (Lipinski definition) is 0. The third kappa shape index (κ3) is 3.95. The molecule has 1 atom stereocenters. The van der Waals surface area contributed by atoms with E-state index in [2.05, 4.69) is 23.8 Å². The Morgan fingerprint density at radius 2 is 2.29 bits per heavy atom. The van der Waals surface area contributed by atoms with Gasteiger partial charge in [-0.2, -0.15) is 0 Å². The van der Waals surface area contributed by atoms with Crippen LogP contribution in [0.25, 0.3) is 0 Å². The Morgan fingerprint density at radius 1 is 1.50 bits per heavy atom. The molecule has 1 aliphatic heterocycles. The molecule has 0 spiro atoms. The van der Waals surface area contributed by atoms with Crippen molar-refractivity contribution in [1.29, 1.82) is 0 Å². The highest BCUT2D eigenvalue weighted by molar-refractivity contribution is 4.73. The average molecular weight is 200 g/mol. The van der Waals surface area contributed by atoms with E-state index in [0.29, 0.717) is 6.10 Å². The van der Waals surface area contributed by atoms with Gasteiger partial charge in [0.2, 0.25) is 0 Å². The third-order valence-corrected chi connectivity index (χ3v) is 3.13. The minimum Gasteiger partial charge on any atom is -0.380 e. The van der Waals surface area contributed by atoms with Crippen LogP contribution in [-0.2, 0) is 4.74 Å². The summed E-state index contributed by atoms with van der Waals surface area (Å²) in [5.74, 6) is 0. The largest absolute Gasteiger partial charge is 0.380 e. The Kier molecular flexibility index (Phi) is 5.45. The number of likely N-dealkylation sites (tertiary alicyclic amines) is 1. The fourth-order valence-electron chi connectivity index (χ4n) is 1.88. The molecule has 1 fully saturated rings. The summed E-state index contributed by atoms with van der Waals surface area (Å²) in [4.78, 5) is 4.88. The molecule has 14 heavy (non-hydrogen) atoms. The number of rotatable bonds is 5. The first-order valence-corrected chi connectivity index (χ1v) is 5.70. The van der Waals surface area contributed by atoms with Crippen LogP contribution in [0.4, 0.5) is 0 Å². The highest BCUT2D eigenvalue weighted by Gasteiger charge is 2.18. The summed E-state index contributed by atoms with van der Waals surface area (Å²) < 4.78 is 5.40. The third-order valence-electron chi connectivity index (χ3n) is 3.13. The molecule has 0 aromatic carbocycles. The fraction of sp³-hybridized carbons (Fsp3) is 1.00. The van der Waals surface area contributed by atoms with Crippen molar-refractivity contribution in [3.05, 3.63) is 0 Å². The van der Waals surface area contributed by atoms with Crippen molar-refractivity contribution in [2.45, 2.75) is 25.9 Å². The summed E-state index contributed by atoms with van der Waals surface area (Å²) in [6.45, 7) is 8.07. The number of likely N-dealkylation sites (N-methyl/N-ethyl adjacent to an activating group) is 1. The number of methoxy groups -OCH3 is 1. The van der Waals surface area contributed by atoms with Crippen molar-refractivity contribution in [3.63, 3.8) is 0 Å². The Bertz CT molecular complexity index is 152. The van der Waals surface area contributed by atoms with E-state index in [9.17, 15) is 0 Å². The zero-order chi connectivity index (χ0) is 10.4. The molecular formula is C11H24N2O. The lowest BCUT2D eigenvalue weighted by molar-refractivity contribution is 0.0290. The number of hydrogen-bond acceptors (Lipinski definition) is 3. The predicted molar refractivity (Wildman–Crippen MR) is 59.6 cm³/mol. The zero-order valence-electron chi connectivity index (χ0n) is 9.83. The Morgan fingerprint density at radius 3 is 2.93 bits per heavy atom. The number of ether oxygens (including phenoxy) is 1. The normalized spacial score (nSPS) is 24.4. The van der Waals surface area contributed by atoms with Gasteiger partial charge in [-0.1, -0.05) is 6.92 Å². The van der Waals surface area contributed by atoms with Gasteiger partial charge < -0.3 is 9.64 Å². The lowest BCUT2D eigenvalue weighted by atomic mass is 10.1. The SMILES string of the molecule is CCN(C)CCN1CCCC(OC)C1. The molecule has 0 amide bonds. The summed E-state index contributed by atoms with van der Waals surface area (Å²) in [7, 11) is 4.00. The van der Waals surface area contributed by atoms with Gasteiger partial charge >= 0.3 is 0 Å². The summed E-state index contributed by atoms with van der Waals surface area (Å²) in [6, 6.07) is 0. The van der Waals surface area contributed by atoms with Crippen LogP contribution in [0.5, 0.6) is 0 Å². The Labute approximate surface area is 88.0 Å². The molecule has 3 nitrogen and oxygen atoms in total. The molecule has 0 radical (unpaired) electrons. The molecule has 3 heteroatoms. The van der Waals surface area contributed by atoms with Crippen LogP contribution in [-0.4, -0.2) is 62.8 Å². The molecule has 1 aliphatic rings. The lowest BCUT2D eigenvalue weighted by Gasteiger charge is -2.32. The summed E-state index contributed by atoms with van der Waals surface area (Å²) in [6.07, 6.45) is 2.99. The van der Waals surface area contributed by atoms with Gasteiger partial charge in [-0.25, -0.2) is 0 Å². The molecule has 0 aromatic heterocycles. The smallest absolute Gasteiger partial charge is 0.0698 e. The maximum absolute atomic E-state index is 5.40. The van der Waals surface area contributed by atoms with E-state index >= 15 is 0 Å². The first kappa shape index (κ1) is 12.0. The molecule has 84 valence electrons. The van der Waals surface area contributed by atoms with Gasteiger partial charge in [0.05, 0.1) is 6.10 Å². The van der Waals surface area contributed by atoms with Crippen molar-refractivity contribution in [1.82, 2.24) is 9.80 Å². The van der Waals surface area contributed by atoms with E-state index in [-0.39, 0.29) is 0 Å². The van der Waals surface area contributed by atoms with Crippen LogP contribution < -0.4 is 0 Å². The number of nitrogens with zero attached hydrogens (tertiary/aromatic N) is 2. The monoisotopic (exact) mass is 200 g/mol. The predicted octanol–water partition coefficient (Wildman–Crippen LogP) is 1.05. The van der Waals surface area contributed by atoms with E-state index in [0.717, 1.165) is 13.1 Å². The van der Waals surface area contributed by atoms with Gasteiger partial charge in [-0.3, -0.25) is 4.90 Å². The summed E-state index contributed by atoms with van der Waals surface area (Å²) in [5, 5.41) is 0. The second kappa shape index (κ2) is 6.38. The molecule has 0 aromatic rings. The first-order chi connectivity index (χ1) is 6.76. The van der Waals surface area contributed by atoms with E-state index in [4.69, 9.17) is 4.74 Å². The van der Waals surface area contributed by atoms with Crippen LogP contribution in [0.15, 0.2) is 0 Å². The van der Waals surface area contributed by atoms with E-state index in [1.165, 1.54) is 32.5 Å². The van der Waals surface area contributed by atoms with E-state index < -0.39 is 0 Å². The van der Waals surface area contributed by atoms with Crippen molar-refractivity contribution in [2.24, 2.45) is 0 Å². The first-order valence-electron chi connectivity index (χ1n) is 5.70. The Hall–Kier alpha value is -0.120. The molecular weight excluding hydrogens is 176 g/mol. The van der Waals surface area contributed by atoms with Crippen LogP contribution in [0.1, 0.15) is 19.8 Å². The molecule has 0 bridgehead atoms. The average Bonchev–Trinajstić information content (AvgIpc) is 2.26. The lowest BCUT2D eigenvalue weighted by Crippen LogP contribution is -2.42. The van der Waals surface area contributed by atoms with Gasteiger partial charge in [-0.05, 0) is 33.0 Å². The van der Waals surface area contributed by atoms with Gasteiger partial charge in [0.25, 0.3) is 0 Å². The highest BCUT2D eigenvalue weighted by Crippen LogP contribution is 2.11.